The topological polar surface area (TPSA) is 58.4 Å². The molecule has 1 unspecified atom stereocenters. The van der Waals surface area contributed by atoms with Crippen molar-refractivity contribution >= 4 is 22.8 Å². The minimum Gasteiger partial charge on any atom is -0.342 e. The number of para-hydroxylation sites is 2. The van der Waals surface area contributed by atoms with Gasteiger partial charge in [-0.2, -0.15) is 0 Å². The highest BCUT2D eigenvalue weighted by Gasteiger charge is 2.32. The van der Waals surface area contributed by atoms with Gasteiger partial charge in [0.1, 0.15) is 6.33 Å². The minimum absolute atomic E-state index is 0.0459. The van der Waals surface area contributed by atoms with Crippen LogP contribution >= 0.6 is 0 Å². The van der Waals surface area contributed by atoms with Gasteiger partial charge in [0.25, 0.3) is 5.91 Å². The molecule has 1 atom stereocenters. The molecule has 2 amide bonds. The lowest BCUT2D eigenvalue weighted by Crippen LogP contribution is -2.47. The van der Waals surface area contributed by atoms with E-state index in [0.717, 1.165) is 49.1 Å². The number of amides is 2. The summed E-state index contributed by atoms with van der Waals surface area (Å²) in [6.07, 6.45) is 5.65. The van der Waals surface area contributed by atoms with Gasteiger partial charge in [-0.05, 0) is 68.0 Å². The highest BCUT2D eigenvalue weighted by atomic mass is 16.2. The first kappa shape index (κ1) is 20.7. The van der Waals surface area contributed by atoms with E-state index in [4.69, 9.17) is 0 Å². The zero-order valence-corrected chi connectivity index (χ0v) is 18.6. The molecule has 3 aromatic rings. The molecule has 2 aliphatic rings. The summed E-state index contributed by atoms with van der Waals surface area (Å²) in [7, 11) is 0. The van der Waals surface area contributed by atoms with E-state index in [1.165, 1.54) is 6.42 Å². The standard InChI is InChI=1S/C26H30N4O2/c1-19-5-4-14-29(17-19)26(32)21-12-15-28(16-13-21)25(31)20-8-10-22(11-9-20)30-18-27-23-6-2-3-7-24(23)30/h2-3,6-11,18-19,21H,4-5,12-17H2,1H3. The predicted octanol–water partition coefficient (Wildman–Crippen LogP) is 4.14. The Hall–Kier alpha value is -3.15. The van der Waals surface area contributed by atoms with Gasteiger partial charge in [-0.3, -0.25) is 14.2 Å². The van der Waals surface area contributed by atoms with E-state index in [0.29, 0.717) is 30.5 Å². The van der Waals surface area contributed by atoms with Gasteiger partial charge in [0.15, 0.2) is 0 Å². The number of nitrogens with zero attached hydrogens (tertiary/aromatic N) is 4. The molecule has 2 aliphatic heterocycles. The van der Waals surface area contributed by atoms with Gasteiger partial charge in [-0.15, -0.1) is 0 Å². The first-order valence-corrected chi connectivity index (χ1v) is 11.7. The van der Waals surface area contributed by atoms with Crippen LogP contribution in [0, 0.1) is 11.8 Å². The zero-order chi connectivity index (χ0) is 22.1. The number of carbonyl (C=O) groups is 2. The number of aromatic nitrogens is 2. The Labute approximate surface area is 188 Å². The molecule has 166 valence electrons. The Morgan fingerprint density at radius 3 is 2.41 bits per heavy atom. The summed E-state index contributed by atoms with van der Waals surface area (Å²) in [6.45, 7) is 5.29. The molecule has 0 bridgehead atoms. The summed E-state index contributed by atoms with van der Waals surface area (Å²) in [4.78, 5) is 34.3. The van der Waals surface area contributed by atoms with Crippen molar-refractivity contribution in [1.82, 2.24) is 19.4 Å². The van der Waals surface area contributed by atoms with E-state index in [9.17, 15) is 9.59 Å². The molecule has 6 heteroatoms. The van der Waals surface area contributed by atoms with Gasteiger partial charge in [0, 0.05) is 43.3 Å². The van der Waals surface area contributed by atoms with Crippen LogP contribution in [0.4, 0.5) is 0 Å². The Morgan fingerprint density at radius 1 is 0.906 bits per heavy atom. The summed E-state index contributed by atoms with van der Waals surface area (Å²) in [5, 5.41) is 0. The third kappa shape index (κ3) is 4.01. The van der Waals surface area contributed by atoms with Crippen molar-refractivity contribution in [2.75, 3.05) is 26.2 Å². The monoisotopic (exact) mass is 430 g/mol. The number of fused-ring (bicyclic) bond motifs is 1. The number of benzene rings is 2. The van der Waals surface area contributed by atoms with E-state index >= 15 is 0 Å². The number of imidazole rings is 1. The smallest absolute Gasteiger partial charge is 0.253 e. The molecule has 2 aromatic carbocycles. The zero-order valence-electron chi connectivity index (χ0n) is 18.6. The van der Waals surface area contributed by atoms with Gasteiger partial charge >= 0.3 is 0 Å². The third-order valence-corrected chi connectivity index (χ3v) is 6.95. The highest BCUT2D eigenvalue weighted by molar-refractivity contribution is 5.94. The lowest BCUT2D eigenvalue weighted by molar-refractivity contribution is -0.138. The molecule has 0 radical (unpaired) electrons. The van der Waals surface area contributed by atoms with E-state index in [1.54, 1.807) is 0 Å². The van der Waals surface area contributed by atoms with Crippen molar-refractivity contribution in [2.45, 2.75) is 32.6 Å². The molecule has 2 saturated heterocycles. The number of carbonyl (C=O) groups excluding carboxylic acids is 2. The second-order valence-electron chi connectivity index (χ2n) is 9.25. The fourth-order valence-electron chi connectivity index (χ4n) is 5.09. The van der Waals surface area contributed by atoms with Crippen molar-refractivity contribution in [3.63, 3.8) is 0 Å². The lowest BCUT2D eigenvalue weighted by atomic mass is 9.92. The fraction of sp³-hybridized carbons (Fsp3) is 0.423. The molecule has 3 heterocycles. The quantitative estimate of drug-likeness (QED) is 0.628. The lowest BCUT2D eigenvalue weighted by Gasteiger charge is -2.37. The fourth-order valence-corrected chi connectivity index (χ4v) is 5.09. The molecule has 2 fully saturated rings. The molecule has 5 rings (SSSR count). The van der Waals surface area contributed by atoms with Crippen molar-refractivity contribution < 1.29 is 9.59 Å². The molecule has 1 aromatic heterocycles. The van der Waals surface area contributed by atoms with Gasteiger partial charge in [0.05, 0.1) is 11.0 Å². The van der Waals surface area contributed by atoms with Crippen LogP contribution in [0.5, 0.6) is 0 Å². The molecule has 0 aliphatic carbocycles. The summed E-state index contributed by atoms with van der Waals surface area (Å²) in [5.74, 6) is 0.990. The number of rotatable bonds is 3. The molecular weight excluding hydrogens is 400 g/mol. The summed E-state index contributed by atoms with van der Waals surface area (Å²) in [6, 6.07) is 15.7. The normalized spacial score (nSPS) is 20.0. The van der Waals surface area contributed by atoms with Gasteiger partial charge in [0.2, 0.25) is 5.91 Å². The molecular formula is C26H30N4O2. The molecule has 0 spiro atoms. The van der Waals surface area contributed by atoms with E-state index in [2.05, 4.69) is 16.8 Å². The van der Waals surface area contributed by atoms with E-state index in [1.807, 2.05) is 64.3 Å². The molecule has 0 N–H and O–H groups in total. The highest BCUT2D eigenvalue weighted by Crippen LogP contribution is 2.25. The van der Waals surface area contributed by atoms with Crippen LogP contribution in [0.15, 0.2) is 54.9 Å². The van der Waals surface area contributed by atoms with Crippen LogP contribution in [-0.2, 0) is 4.79 Å². The molecule has 32 heavy (non-hydrogen) atoms. The number of hydrogen-bond acceptors (Lipinski definition) is 3. The molecule has 0 saturated carbocycles. The second kappa shape index (κ2) is 8.77. The minimum atomic E-state index is 0.0459. The SMILES string of the molecule is CC1CCCN(C(=O)C2CCN(C(=O)c3ccc(-n4cnc5ccccc54)cc3)CC2)C1. The summed E-state index contributed by atoms with van der Waals surface area (Å²) >= 11 is 0. The van der Waals surface area contributed by atoms with E-state index in [-0.39, 0.29) is 11.8 Å². The van der Waals surface area contributed by atoms with Crippen molar-refractivity contribution in [3.8, 4) is 5.69 Å². The average Bonchev–Trinajstić information content (AvgIpc) is 3.28. The first-order chi connectivity index (χ1) is 15.6. The number of likely N-dealkylation sites (tertiary alicyclic amines) is 2. The van der Waals surface area contributed by atoms with Gasteiger partial charge in [-0.25, -0.2) is 4.98 Å². The Bertz CT molecular complexity index is 1110. The van der Waals surface area contributed by atoms with Crippen LogP contribution in [-0.4, -0.2) is 57.3 Å². The number of piperidine rings is 2. The maximum atomic E-state index is 13.0. The summed E-state index contributed by atoms with van der Waals surface area (Å²) < 4.78 is 2.03. The largest absolute Gasteiger partial charge is 0.342 e. The third-order valence-electron chi connectivity index (χ3n) is 6.95. The van der Waals surface area contributed by atoms with Crippen LogP contribution in [0.3, 0.4) is 0 Å². The van der Waals surface area contributed by atoms with Crippen molar-refractivity contribution in [3.05, 3.63) is 60.4 Å². The van der Waals surface area contributed by atoms with Crippen LogP contribution in [0.2, 0.25) is 0 Å². The van der Waals surface area contributed by atoms with Crippen molar-refractivity contribution in [2.24, 2.45) is 11.8 Å². The Kier molecular flexibility index (Phi) is 5.68. The Balaban J connectivity index is 1.21. The maximum absolute atomic E-state index is 13.0. The predicted molar refractivity (Wildman–Crippen MR) is 125 cm³/mol. The van der Waals surface area contributed by atoms with Crippen molar-refractivity contribution in [1.29, 1.82) is 0 Å². The first-order valence-electron chi connectivity index (χ1n) is 11.7. The number of hydrogen-bond donors (Lipinski definition) is 0. The van der Waals surface area contributed by atoms with Crippen LogP contribution in [0.25, 0.3) is 16.7 Å². The maximum Gasteiger partial charge on any atom is 0.253 e. The van der Waals surface area contributed by atoms with Gasteiger partial charge < -0.3 is 9.80 Å². The van der Waals surface area contributed by atoms with E-state index < -0.39 is 0 Å². The Morgan fingerprint density at radius 2 is 1.66 bits per heavy atom. The second-order valence-corrected chi connectivity index (χ2v) is 9.25. The average molecular weight is 431 g/mol. The van der Waals surface area contributed by atoms with Gasteiger partial charge in [-0.1, -0.05) is 19.1 Å². The molecule has 6 nitrogen and oxygen atoms in total. The van der Waals surface area contributed by atoms with Crippen LogP contribution < -0.4 is 0 Å². The summed E-state index contributed by atoms with van der Waals surface area (Å²) in [5.41, 5.74) is 3.66. The van der Waals surface area contributed by atoms with Crippen LogP contribution in [0.1, 0.15) is 43.0 Å².